The summed E-state index contributed by atoms with van der Waals surface area (Å²) in [6.45, 7) is 5.87. The smallest absolute Gasteiger partial charge is 0.244 e. The highest BCUT2D eigenvalue weighted by Gasteiger charge is 2.37. The van der Waals surface area contributed by atoms with Crippen LogP contribution in [0.4, 0.5) is 5.69 Å². The van der Waals surface area contributed by atoms with Crippen LogP contribution < -0.4 is 4.90 Å². The van der Waals surface area contributed by atoms with E-state index < -0.39 is 0 Å². The van der Waals surface area contributed by atoms with Crippen LogP contribution in [0.5, 0.6) is 0 Å². The average molecular weight is 327 g/mol. The van der Waals surface area contributed by atoms with E-state index >= 15 is 0 Å². The van der Waals surface area contributed by atoms with Gasteiger partial charge in [0, 0.05) is 44.3 Å². The first-order valence-corrected chi connectivity index (χ1v) is 9.07. The number of carbonyl (C=O) groups is 2. The second kappa shape index (κ2) is 6.20. The molecule has 0 bridgehead atoms. The van der Waals surface area contributed by atoms with E-state index in [1.54, 1.807) is 0 Å². The Morgan fingerprint density at radius 1 is 1.04 bits per heavy atom. The number of piperazine rings is 1. The molecule has 1 saturated heterocycles. The third kappa shape index (κ3) is 2.81. The average Bonchev–Trinajstić information content (AvgIpc) is 3.39. The summed E-state index contributed by atoms with van der Waals surface area (Å²) in [7, 11) is 0. The molecule has 5 heteroatoms. The summed E-state index contributed by atoms with van der Waals surface area (Å²) in [5.74, 6) is 0.792. The van der Waals surface area contributed by atoms with Crippen LogP contribution in [0.1, 0.15) is 25.3 Å². The molecule has 2 amide bonds. The van der Waals surface area contributed by atoms with Gasteiger partial charge in [-0.3, -0.25) is 14.5 Å². The number of benzene rings is 1. The zero-order valence-electron chi connectivity index (χ0n) is 14.3. The normalized spacial score (nSPS) is 22.4. The largest absolute Gasteiger partial charge is 0.340 e. The van der Waals surface area contributed by atoms with E-state index in [1.165, 1.54) is 5.56 Å². The van der Waals surface area contributed by atoms with Gasteiger partial charge in [-0.25, -0.2) is 0 Å². The molecule has 1 aromatic rings. The SMILES string of the molecule is CC(C(=O)N1CCc2ccccc21)N1CCN(C(=O)C2CC2)CC1. The summed E-state index contributed by atoms with van der Waals surface area (Å²) in [4.78, 5) is 31.2. The molecular formula is C19H25N3O2. The molecule has 1 saturated carbocycles. The number of rotatable bonds is 3. The minimum atomic E-state index is -0.130. The zero-order chi connectivity index (χ0) is 16.7. The van der Waals surface area contributed by atoms with Crippen molar-refractivity contribution in [3.05, 3.63) is 29.8 Å². The molecule has 2 fully saturated rings. The van der Waals surface area contributed by atoms with Gasteiger partial charge < -0.3 is 9.80 Å². The maximum atomic E-state index is 12.9. The molecular weight excluding hydrogens is 302 g/mol. The van der Waals surface area contributed by atoms with Crippen LogP contribution in [0.15, 0.2) is 24.3 Å². The lowest BCUT2D eigenvalue weighted by Gasteiger charge is -2.38. The van der Waals surface area contributed by atoms with E-state index in [1.807, 2.05) is 34.9 Å². The topological polar surface area (TPSA) is 43.9 Å². The Morgan fingerprint density at radius 3 is 2.46 bits per heavy atom. The summed E-state index contributed by atoms with van der Waals surface area (Å²) in [6, 6.07) is 8.05. The van der Waals surface area contributed by atoms with Crippen LogP contribution in [-0.4, -0.2) is 60.4 Å². The van der Waals surface area contributed by atoms with Crippen LogP contribution in [-0.2, 0) is 16.0 Å². The Bertz CT molecular complexity index is 648. The van der Waals surface area contributed by atoms with Gasteiger partial charge in [0.15, 0.2) is 0 Å². The monoisotopic (exact) mass is 327 g/mol. The van der Waals surface area contributed by atoms with Gasteiger partial charge in [-0.05, 0) is 37.8 Å². The standard InChI is InChI=1S/C19H25N3O2/c1-14(18(23)22-9-8-15-4-2-3-5-17(15)22)20-10-12-21(13-11-20)19(24)16-6-7-16/h2-5,14,16H,6-13H2,1H3. The molecule has 2 aliphatic heterocycles. The number of carbonyl (C=O) groups excluding carboxylic acids is 2. The molecule has 0 spiro atoms. The van der Waals surface area contributed by atoms with Gasteiger partial charge in [-0.1, -0.05) is 18.2 Å². The third-order valence-corrected chi connectivity index (χ3v) is 5.61. The predicted octanol–water partition coefficient (Wildman–Crippen LogP) is 1.52. The molecule has 0 aromatic heterocycles. The summed E-state index contributed by atoms with van der Waals surface area (Å²) in [6.07, 6.45) is 3.06. The van der Waals surface area contributed by atoms with Crippen molar-refractivity contribution in [3.8, 4) is 0 Å². The molecule has 24 heavy (non-hydrogen) atoms. The highest BCUT2D eigenvalue weighted by Crippen LogP contribution is 2.32. The summed E-state index contributed by atoms with van der Waals surface area (Å²) < 4.78 is 0. The molecule has 128 valence electrons. The molecule has 0 radical (unpaired) electrons. The second-order valence-electron chi connectivity index (χ2n) is 7.18. The van der Waals surface area contributed by atoms with Crippen molar-refractivity contribution in [1.82, 2.24) is 9.80 Å². The molecule has 1 unspecified atom stereocenters. The van der Waals surface area contributed by atoms with Crippen LogP contribution in [0, 0.1) is 5.92 Å². The Hall–Kier alpha value is -1.88. The van der Waals surface area contributed by atoms with Gasteiger partial charge in [0.2, 0.25) is 11.8 Å². The van der Waals surface area contributed by atoms with Crippen molar-refractivity contribution >= 4 is 17.5 Å². The number of hydrogen-bond acceptors (Lipinski definition) is 3. The first-order chi connectivity index (χ1) is 11.6. The van der Waals surface area contributed by atoms with Crippen molar-refractivity contribution in [3.63, 3.8) is 0 Å². The van der Waals surface area contributed by atoms with Crippen LogP contribution in [0.3, 0.4) is 0 Å². The Morgan fingerprint density at radius 2 is 1.75 bits per heavy atom. The van der Waals surface area contributed by atoms with Crippen molar-refractivity contribution in [2.45, 2.75) is 32.2 Å². The third-order valence-electron chi connectivity index (χ3n) is 5.61. The summed E-state index contributed by atoms with van der Waals surface area (Å²) >= 11 is 0. The number of nitrogens with zero attached hydrogens (tertiary/aromatic N) is 3. The number of anilines is 1. The molecule has 2 heterocycles. The minimum absolute atomic E-state index is 0.130. The molecule has 1 atom stereocenters. The number of para-hydroxylation sites is 1. The summed E-state index contributed by atoms with van der Waals surface area (Å²) in [5.41, 5.74) is 2.33. The maximum Gasteiger partial charge on any atom is 0.244 e. The zero-order valence-corrected chi connectivity index (χ0v) is 14.3. The molecule has 3 aliphatic rings. The van der Waals surface area contributed by atoms with Gasteiger partial charge in [0.1, 0.15) is 0 Å². The lowest BCUT2D eigenvalue weighted by molar-refractivity contribution is -0.135. The van der Waals surface area contributed by atoms with Gasteiger partial charge in [0.05, 0.1) is 6.04 Å². The second-order valence-corrected chi connectivity index (χ2v) is 7.18. The maximum absolute atomic E-state index is 12.9. The van der Waals surface area contributed by atoms with Crippen molar-refractivity contribution < 1.29 is 9.59 Å². The van der Waals surface area contributed by atoms with Crippen molar-refractivity contribution in [1.29, 1.82) is 0 Å². The number of hydrogen-bond donors (Lipinski definition) is 0. The van der Waals surface area contributed by atoms with E-state index in [2.05, 4.69) is 11.0 Å². The fourth-order valence-corrected chi connectivity index (χ4v) is 3.87. The highest BCUT2D eigenvalue weighted by molar-refractivity contribution is 5.98. The van der Waals surface area contributed by atoms with Gasteiger partial charge in [-0.15, -0.1) is 0 Å². The molecule has 1 aromatic carbocycles. The predicted molar refractivity (Wildman–Crippen MR) is 92.8 cm³/mol. The number of fused-ring (bicyclic) bond motifs is 1. The molecule has 0 N–H and O–H groups in total. The fraction of sp³-hybridized carbons (Fsp3) is 0.579. The van der Waals surface area contributed by atoms with E-state index in [-0.39, 0.29) is 17.9 Å². The lowest BCUT2D eigenvalue weighted by atomic mass is 10.1. The summed E-state index contributed by atoms with van der Waals surface area (Å²) in [5, 5.41) is 0. The first kappa shape index (κ1) is 15.6. The van der Waals surface area contributed by atoms with E-state index in [4.69, 9.17) is 0 Å². The lowest BCUT2D eigenvalue weighted by Crippen LogP contribution is -2.55. The van der Waals surface area contributed by atoms with E-state index in [0.717, 1.165) is 57.7 Å². The van der Waals surface area contributed by atoms with E-state index in [9.17, 15) is 9.59 Å². The number of amides is 2. The van der Waals surface area contributed by atoms with Crippen LogP contribution in [0.25, 0.3) is 0 Å². The Balaban J connectivity index is 1.37. The van der Waals surface area contributed by atoms with Gasteiger partial charge in [-0.2, -0.15) is 0 Å². The van der Waals surface area contributed by atoms with Crippen molar-refractivity contribution in [2.75, 3.05) is 37.6 Å². The fourth-order valence-electron chi connectivity index (χ4n) is 3.87. The molecule has 4 rings (SSSR count). The van der Waals surface area contributed by atoms with Crippen molar-refractivity contribution in [2.24, 2.45) is 5.92 Å². The minimum Gasteiger partial charge on any atom is -0.340 e. The molecule has 1 aliphatic carbocycles. The highest BCUT2D eigenvalue weighted by atomic mass is 16.2. The Kier molecular flexibility index (Phi) is 4.04. The Labute approximate surface area is 143 Å². The first-order valence-electron chi connectivity index (χ1n) is 9.07. The van der Waals surface area contributed by atoms with Crippen LogP contribution >= 0.6 is 0 Å². The quantitative estimate of drug-likeness (QED) is 0.845. The van der Waals surface area contributed by atoms with Crippen LogP contribution in [0.2, 0.25) is 0 Å². The van der Waals surface area contributed by atoms with Gasteiger partial charge in [0.25, 0.3) is 0 Å². The molecule has 5 nitrogen and oxygen atoms in total. The van der Waals surface area contributed by atoms with E-state index in [0.29, 0.717) is 5.91 Å². The van der Waals surface area contributed by atoms with Gasteiger partial charge >= 0.3 is 0 Å².